The molecule has 0 atom stereocenters. The van der Waals surface area contributed by atoms with Crippen molar-refractivity contribution in [3.8, 4) is 0 Å². The molecule has 0 saturated heterocycles. The Morgan fingerprint density at radius 3 is 0.310 bits per heavy atom. The molecule has 0 saturated carbocycles. The van der Waals surface area contributed by atoms with Crippen molar-refractivity contribution in [1.82, 2.24) is 0 Å². The minimum absolute atomic E-state index is 0. The molecule has 0 bridgehead atoms. The second kappa shape index (κ2) is 16.3. The van der Waals surface area contributed by atoms with Crippen LogP contribution in [-0.4, -0.2) is 49.4 Å². The fourth-order valence-electron chi connectivity index (χ4n) is 3.02. The second-order valence-corrected chi connectivity index (χ2v) is 42.1. The van der Waals surface area contributed by atoms with Gasteiger partial charge in [-0.25, -0.2) is 0 Å². The fourth-order valence-corrected chi connectivity index (χ4v) is 27.2. The van der Waals surface area contributed by atoms with Gasteiger partial charge in [-0.05, 0) is 0 Å². The molecule has 0 unspecified atom stereocenters. The van der Waals surface area contributed by atoms with E-state index < -0.39 is 49.4 Å². The van der Waals surface area contributed by atoms with E-state index in [0.29, 0.717) is 0 Å². The van der Waals surface area contributed by atoms with E-state index in [0.717, 1.165) is 0 Å². The molecular weight excluding hydrogens is 705 g/mol. The van der Waals surface area contributed by atoms with Gasteiger partial charge in [-0.1, -0.05) is 167 Å². The summed E-state index contributed by atoms with van der Waals surface area (Å²) in [6.07, 6.45) is 0. The second-order valence-electron chi connectivity index (χ2n) is 13.4. The van der Waals surface area contributed by atoms with Gasteiger partial charge in [0.05, 0.1) is 0 Å². The summed E-state index contributed by atoms with van der Waals surface area (Å²) in [5.41, 5.74) is 0. The third-order valence-corrected chi connectivity index (χ3v) is 18.1. The predicted octanol–water partition coefficient (Wildman–Crippen LogP) is 9.09. The first-order valence-corrected chi connectivity index (χ1v) is 31.0. The van der Waals surface area contributed by atoms with Gasteiger partial charge in [-0.15, -0.1) is 0 Å². The minimum atomic E-state index is -1.11. The topological polar surface area (TPSA) is 42.3 Å². The van der Waals surface area contributed by atoms with Crippen LogP contribution in [0, 0.1) is 71.2 Å². The SMILES string of the molecule is C[Si](C)(C)[N-][Si](C)(C)C.C[Si](C)(C)[N-][Si](C)(C)C.C[Si](C)(C)[N-][Si](C)(C)C.[La+3].[La+3]. The van der Waals surface area contributed by atoms with E-state index in [2.05, 4.69) is 118 Å². The maximum atomic E-state index is 4.82. The Labute approximate surface area is 249 Å². The Kier molecular flexibility index (Phi) is 24.0. The largest absolute Gasteiger partial charge is 3.00 e. The van der Waals surface area contributed by atoms with Crippen LogP contribution >= 0.6 is 0 Å². The van der Waals surface area contributed by atoms with E-state index in [1.54, 1.807) is 0 Å². The van der Waals surface area contributed by atoms with Crippen LogP contribution in [0.2, 0.25) is 118 Å². The van der Waals surface area contributed by atoms with Crippen molar-refractivity contribution in [2.75, 3.05) is 0 Å². The Morgan fingerprint density at radius 1 is 0.241 bits per heavy atom. The standard InChI is InChI=1S/3C6H18NSi2.2La/c3*1-8(2,3)7-9(4,5)6;;/h3*1-6H3;;/q3*-1;2*+3. The van der Waals surface area contributed by atoms with E-state index in [-0.39, 0.29) is 71.2 Å². The molecule has 0 aliphatic heterocycles. The predicted molar refractivity (Wildman–Crippen MR) is 150 cm³/mol. The molecule has 0 heterocycles. The van der Waals surface area contributed by atoms with Crippen molar-refractivity contribution in [2.24, 2.45) is 0 Å². The molecule has 11 heteroatoms. The van der Waals surface area contributed by atoms with Crippen LogP contribution < -0.4 is 0 Å². The van der Waals surface area contributed by atoms with Gasteiger partial charge in [0.15, 0.2) is 0 Å². The van der Waals surface area contributed by atoms with Gasteiger partial charge in [0, 0.05) is 0 Å². The summed E-state index contributed by atoms with van der Waals surface area (Å²) in [4.78, 5) is 0. The van der Waals surface area contributed by atoms with E-state index in [1.807, 2.05) is 0 Å². The summed E-state index contributed by atoms with van der Waals surface area (Å²) >= 11 is 0. The molecule has 0 rings (SSSR count). The maximum Gasteiger partial charge on any atom is 3.00 e. The van der Waals surface area contributed by atoms with Crippen LogP contribution in [0.5, 0.6) is 0 Å². The third kappa shape index (κ3) is 59.3. The van der Waals surface area contributed by atoms with E-state index in [1.165, 1.54) is 0 Å². The summed E-state index contributed by atoms with van der Waals surface area (Å²) in [5.74, 6) is 0. The van der Waals surface area contributed by atoms with Crippen molar-refractivity contribution in [3.05, 3.63) is 13.9 Å². The Hall–Kier alpha value is 3.57. The van der Waals surface area contributed by atoms with Gasteiger partial charge >= 0.3 is 71.2 Å². The molecule has 0 fully saturated rings. The number of hydrogen-bond donors (Lipinski definition) is 0. The summed E-state index contributed by atoms with van der Waals surface area (Å²) in [5, 5.41) is 0. The quantitative estimate of drug-likeness (QED) is 0.243. The first-order valence-electron chi connectivity index (χ1n) is 10.3. The number of rotatable bonds is 6. The van der Waals surface area contributed by atoms with Gasteiger partial charge in [-0.3, -0.25) is 0 Å². The van der Waals surface area contributed by atoms with Gasteiger partial charge in [0.2, 0.25) is 0 Å². The van der Waals surface area contributed by atoms with Crippen LogP contribution in [0.3, 0.4) is 0 Å². The van der Waals surface area contributed by atoms with Gasteiger partial charge in [0.1, 0.15) is 0 Å². The van der Waals surface area contributed by atoms with Crippen LogP contribution in [-0.2, 0) is 0 Å². The average Bonchev–Trinajstić information content (AvgIpc) is 1.96. The van der Waals surface area contributed by atoms with Crippen LogP contribution in [0.15, 0.2) is 0 Å². The minimum Gasteiger partial charge on any atom is -0.668 e. The fraction of sp³-hybridized carbons (Fsp3) is 1.00. The van der Waals surface area contributed by atoms with Gasteiger partial charge < -0.3 is 13.9 Å². The number of hydrogen-bond acceptors (Lipinski definition) is 0. The number of nitrogens with zero attached hydrogens (tertiary/aromatic N) is 3. The Balaban J connectivity index is -0.0000000960. The molecule has 0 aromatic heterocycles. The molecule has 3 nitrogen and oxygen atoms in total. The first kappa shape index (κ1) is 42.7. The molecule has 168 valence electrons. The summed E-state index contributed by atoms with van der Waals surface area (Å²) in [6.45, 7) is 41.3. The van der Waals surface area contributed by atoms with E-state index in [9.17, 15) is 0 Å². The monoisotopic (exact) mass is 758 g/mol. The van der Waals surface area contributed by atoms with E-state index >= 15 is 0 Å². The van der Waals surface area contributed by atoms with Crippen molar-refractivity contribution in [3.63, 3.8) is 0 Å². The molecule has 29 heavy (non-hydrogen) atoms. The molecule has 0 spiro atoms. The zero-order valence-corrected chi connectivity index (χ0v) is 36.7. The van der Waals surface area contributed by atoms with Crippen molar-refractivity contribution >= 4 is 49.4 Å². The zero-order chi connectivity index (χ0) is 23.1. The van der Waals surface area contributed by atoms with E-state index in [4.69, 9.17) is 13.9 Å². The average molecular weight is 759 g/mol. The normalized spacial score (nSPS) is 13.0. The van der Waals surface area contributed by atoms with Gasteiger partial charge in [0.25, 0.3) is 0 Å². The smallest absolute Gasteiger partial charge is 0.668 e. The Bertz CT molecular complexity index is 301. The maximum absolute atomic E-state index is 4.82. The molecule has 0 amide bonds. The molecule has 0 aliphatic rings. The van der Waals surface area contributed by atoms with Crippen LogP contribution in [0.25, 0.3) is 13.9 Å². The molecule has 0 aliphatic carbocycles. The third-order valence-electron chi connectivity index (χ3n) is 2.01. The van der Waals surface area contributed by atoms with Gasteiger partial charge in [-0.2, -0.15) is 0 Å². The van der Waals surface area contributed by atoms with Crippen LogP contribution in [0.1, 0.15) is 0 Å². The van der Waals surface area contributed by atoms with Crippen molar-refractivity contribution in [2.45, 2.75) is 118 Å². The molecular formula is C18H54La2N3Si6+3. The summed E-state index contributed by atoms with van der Waals surface area (Å²) in [7, 11) is -6.64. The molecule has 0 N–H and O–H groups in total. The zero-order valence-electron chi connectivity index (χ0n) is 23.5. The molecule has 0 aromatic rings. The summed E-state index contributed by atoms with van der Waals surface area (Å²) < 4.78 is 14.5. The molecule has 0 aromatic carbocycles. The Morgan fingerprint density at radius 2 is 0.310 bits per heavy atom. The van der Waals surface area contributed by atoms with Crippen molar-refractivity contribution < 1.29 is 71.2 Å². The van der Waals surface area contributed by atoms with Crippen LogP contribution in [0.4, 0.5) is 0 Å². The van der Waals surface area contributed by atoms with Crippen molar-refractivity contribution in [1.29, 1.82) is 0 Å². The molecule has 0 radical (unpaired) electrons. The summed E-state index contributed by atoms with van der Waals surface area (Å²) in [6, 6.07) is 0. The first-order chi connectivity index (χ1) is 11.1.